The van der Waals surface area contributed by atoms with Gasteiger partial charge in [-0.2, -0.15) is 0 Å². The van der Waals surface area contributed by atoms with Crippen LogP contribution < -0.4 is 5.73 Å². The third-order valence-corrected chi connectivity index (χ3v) is 3.07. The third-order valence-electron chi connectivity index (χ3n) is 3.07. The lowest BCUT2D eigenvalue weighted by Gasteiger charge is -2.02. The molecule has 0 atom stereocenters. The fourth-order valence-electron chi connectivity index (χ4n) is 2.17. The van der Waals surface area contributed by atoms with Crippen LogP contribution in [0.3, 0.4) is 0 Å². The van der Waals surface area contributed by atoms with Gasteiger partial charge in [-0.3, -0.25) is 0 Å². The number of methoxy groups -OCH3 is 1. The van der Waals surface area contributed by atoms with Gasteiger partial charge in [-0.1, -0.05) is 12.1 Å². The van der Waals surface area contributed by atoms with E-state index in [9.17, 15) is 4.79 Å². The van der Waals surface area contributed by atoms with Crippen LogP contribution in [0.2, 0.25) is 0 Å². The minimum Gasteiger partial charge on any atom is -0.464 e. The summed E-state index contributed by atoms with van der Waals surface area (Å²) in [5, 5.41) is 1.04. The van der Waals surface area contributed by atoms with Gasteiger partial charge in [0, 0.05) is 23.0 Å². The van der Waals surface area contributed by atoms with E-state index < -0.39 is 0 Å². The number of H-pyrrole nitrogens is 1. The Kier molecular flexibility index (Phi) is 2.90. The number of hydrogen-bond acceptors (Lipinski definition) is 3. The number of carbonyl (C=O) groups is 1. The van der Waals surface area contributed by atoms with Crippen LogP contribution in [-0.2, 0) is 11.3 Å². The van der Waals surface area contributed by atoms with Gasteiger partial charge in [0.05, 0.1) is 7.11 Å². The molecule has 90 valence electrons. The van der Waals surface area contributed by atoms with Gasteiger partial charge in [0.15, 0.2) is 0 Å². The van der Waals surface area contributed by atoms with Crippen molar-refractivity contribution in [1.82, 2.24) is 4.98 Å². The van der Waals surface area contributed by atoms with Crippen molar-refractivity contribution in [3.8, 4) is 0 Å². The minimum absolute atomic E-state index is 0.314. The molecule has 1 aromatic heterocycles. The number of nitrogens with one attached hydrogen (secondary N) is 1. The van der Waals surface area contributed by atoms with Crippen LogP contribution in [0.15, 0.2) is 12.1 Å². The number of aromatic nitrogens is 1. The molecule has 3 N–H and O–H groups in total. The Hall–Kier alpha value is -1.81. The number of aryl methyl sites for hydroxylation is 2. The summed E-state index contributed by atoms with van der Waals surface area (Å²) in [4.78, 5) is 14.8. The summed E-state index contributed by atoms with van der Waals surface area (Å²) in [6.07, 6.45) is 0. The van der Waals surface area contributed by atoms with E-state index in [1.54, 1.807) is 0 Å². The molecule has 0 bridgehead atoms. The van der Waals surface area contributed by atoms with Crippen molar-refractivity contribution < 1.29 is 9.53 Å². The maximum Gasteiger partial charge on any atom is 0.354 e. The first-order valence-electron chi connectivity index (χ1n) is 5.49. The molecule has 17 heavy (non-hydrogen) atoms. The maximum atomic E-state index is 11.7. The zero-order valence-corrected chi connectivity index (χ0v) is 10.3. The van der Waals surface area contributed by atoms with E-state index >= 15 is 0 Å². The molecule has 1 heterocycles. The highest BCUT2D eigenvalue weighted by atomic mass is 16.5. The molecule has 0 unspecified atom stereocenters. The van der Waals surface area contributed by atoms with Crippen molar-refractivity contribution in [2.75, 3.05) is 7.11 Å². The smallest absolute Gasteiger partial charge is 0.354 e. The molecule has 0 spiro atoms. The van der Waals surface area contributed by atoms with Gasteiger partial charge in [-0.05, 0) is 25.0 Å². The summed E-state index contributed by atoms with van der Waals surface area (Å²) in [5.41, 5.74) is 10.2. The maximum absolute atomic E-state index is 11.7. The Labute approximate surface area is 99.8 Å². The Bertz CT molecular complexity index is 585. The first-order valence-corrected chi connectivity index (χ1v) is 5.49. The monoisotopic (exact) mass is 232 g/mol. The number of esters is 1. The number of rotatable bonds is 2. The van der Waals surface area contributed by atoms with Gasteiger partial charge >= 0.3 is 5.97 Å². The summed E-state index contributed by atoms with van der Waals surface area (Å²) in [6.45, 7) is 4.32. The molecule has 4 nitrogen and oxygen atoms in total. The molecule has 0 amide bonds. The van der Waals surface area contributed by atoms with Crippen LogP contribution in [0.4, 0.5) is 0 Å². The minimum atomic E-state index is -0.375. The van der Waals surface area contributed by atoms with E-state index in [1.807, 2.05) is 26.0 Å². The number of carbonyl (C=O) groups excluding carboxylic acids is 1. The largest absolute Gasteiger partial charge is 0.464 e. The predicted molar refractivity (Wildman–Crippen MR) is 67.0 cm³/mol. The van der Waals surface area contributed by atoms with Crippen LogP contribution in [0, 0.1) is 13.8 Å². The van der Waals surface area contributed by atoms with Gasteiger partial charge in [-0.15, -0.1) is 0 Å². The van der Waals surface area contributed by atoms with Crippen LogP contribution in [0.1, 0.15) is 27.2 Å². The third kappa shape index (κ3) is 1.70. The van der Waals surface area contributed by atoms with E-state index in [1.165, 1.54) is 7.11 Å². The van der Waals surface area contributed by atoms with Crippen molar-refractivity contribution in [2.24, 2.45) is 5.73 Å². The first-order chi connectivity index (χ1) is 8.10. The van der Waals surface area contributed by atoms with E-state index in [2.05, 4.69) is 4.98 Å². The quantitative estimate of drug-likeness (QED) is 0.778. The number of hydrogen-bond donors (Lipinski definition) is 2. The summed E-state index contributed by atoms with van der Waals surface area (Å²) in [5.74, 6) is -0.375. The number of ether oxygens (including phenoxy) is 1. The molecular weight excluding hydrogens is 216 g/mol. The fraction of sp³-hybridized carbons (Fsp3) is 0.308. The summed E-state index contributed by atoms with van der Waals surface area (Å²) in [6, 6.07) is 4.06. The van der Waals surface area contributed by atoms with Crippen molar-refractivity contribution in [2.45, 2.75) is 20.4 Å². The van der Waals surface area contributed by atoms with Gasteiger partial charge in [0.25, 0.3) is 0 Å². The number of fused-ring (bicyclic) bond motifs is 1. The van der Waals surface area contributed by atoms with Gasteiger partial charge in [-0.25, -0.2) is 4.79 Å². The number of nitrogens with two attached hydrogens (primary N) is 1. The highest BCUT2D eigenvalue weighted by Gasteiger charge is 2.19. The van der Waals surface area contributed by atoms with E-state index in [-0.39, 0.29) is 5.97 Å². The zero-order valence-electron chi connectivity index (χ0n) is 10.3. The van der Waals surface area contributed by atoms with Crippen LogP contribution in [-0.4, -0.2) is 18.1 Å². The number of benzene rings is 1. The molecule has 0 saturated carbocycles. The second-order valence-corrected chi connectivity index (χ2v) is 4.12. The zero-order chi connectivity index (χ0) is 12.6. The predicted octanol–water partition coefficient (Wildman–Crippen LogP) is 2.03. The second kappa shape index (κ2) is 4.22. The standard InChI is InChI=1S/C13H16N2O2/c1-7-4-5-8(2)11-10(7)9(6-14)12(15-11)13(16)17-3/h4-5,15H,6,14H2,1-3H3. The summed E-state index contributed by atoms with van der Waals surface area (Å²) in [7, 11) is 1.37. The van der Waals surface area contributed by atoms with Gasteiger partial charge in [0.2, 0.25) is 0 Å². The van der Waals surface area contributed by atoms with E-state index in [0.717, 1.165) is 27.6 Å². The Morgan fingerprint density at radius 3 is 2.59 bits per heavy atom. The van der Waals surface area contributed by atoms with Crippen molar-refractivity contribution in [3.05, 3.63) is 34.5 Å². The molecule has 0 aliphatic carbocycles. The first kappa shape index (κ1) is 11.7. The highest BCUT2D eigenvalue weighted by Crippen LogP contribution is 2.28. The molecule has 0 aliphatic rings. The Morgan fingerprint density at radius 1 is 1.35 bits per heavy atom. The van der Waals surface area contributed by atoms with Crippen LogP contribution in [0.25, 0.3) is 10.9 Å². The summed E-state index contributed by atoms with van der Waals surface area (Å²) >= 11 is 0. The van der Waals surface area contributed by atoms with E-state index in [0.29, 0.717) is 12.2 Å². The van der Waals surface area contributed by atoms with Crippen molar-refractivity contribution in [1.29, 1.82) is 0 Å². The molecule has 0 saturated heterocycles. The number of aromatic amines is 1. The molecule has 0 aliphatic heterocycles. The average Bonchev–Trinajstić information content (AvgIpc) is 2.73. The Morgan fingerprint density at radius 2 is 2.00 bits per heavy atom. The van der Waals surface area contributed by atoms with Crippen molar-refractivity contribution in [3.63, 3.8) is 0 Å². The molecule has 2 rings (SSSR count). The molecular formula is C13H16N2O2. The highest BCUT2D eigenvalue weighted by molar-refractivity contribution is 6.00. The molecule has 2 aromatic rings. The molecule has 0 fully saturated rings. The van der Waals surface area contributed by atoms with Crippen LogP contribution >= 0.6 is 0 Å². The van der Waals surface area contributed by atoms with E-state index in [4.69, 9.17) is 10.5 Å². The molecule has 4 heteroatoms. The lowest BCUT2D eigenvalue weighted by atomic mass is 10.0. The molecule has 1 aromatic carbocycles. The lowest BCUT2D eigenvalue weighted by molar-refractivity contribution is 0.0594. The van der Waals surface area contributed by atoms with Gasteiger partial charge < -0.3 is 15.5 Å². The van der Waals surface area contributed by atoms with Crippen molar-refractivity contribution >= 4 is 16.9 Å². The average molecular weight is 232 g/mol. The molecule has 0 radical (unpaired) electrons. The topological polar surface area (TPSA) is 68.1 Å². The SMILES string of the molecule is COC(=O)c1[nH]c2c(C)ccc(C)c2c1CN. The lowest BCUT2D eigenvalue weighted by Crippen LogP contribution is -2.08. The normalized spacial score (nSPS) is 10.8. The fourth-order valence-corrected chi connectivity index (χ4v) is 2.17. The summed E-state index contributed by atoms with van der Waals surface area (Å²) < 4.78 is 4.76. The van der Waals surface area contributed by atoms with Crippen LogP contribution in [0.5, 0.6) is 0 Å². The Balaban J connectivity index is 2.84. The second-order valence-electron chi connectivity index (χ2n) is 4.12. The van der Waals surface area contributed by atoms with Gasteiger partial charge in [0.1, 0.15) is 5.69 Å².